The number of aromatic nitrogens is 1. The highest BCUT2D eigenvalue weighted by Crippen LogP contribution is 2.09. The Labute approximate surface area is 104 Å². The minimum absolute atomic E-state index is 0.206. The molecule has 0 fully saturated rings. The smallest absolute Gasteiger partial charge is 0.357 e. The van der Waals surface area contributed by atoms with Crippen LogP contribution in [0.15, 0.2) is 5.38 Å². The van der Waals surface area contributed by atoms with Crippen molar-refractivity contribution in [1.29, 1.82) is 0 Å². The summed E-state index contributed by atoms with van der Waals surface area (Å²) in [5, 5.41) is 2.35. The molecule has 1 aromatic rings. The fraction of sp³-hybridized carbons (Fsp3) is 0.600. The molecule has 0 aromatic carbocycles. The van der Waals surface area contributed by atoms with Crippen molar-refractivity contribution in [1.82, 2.24) is 4.98 Å². The molecule has 96 valence electrons. The molecule has 0 atom stereocenters. The maximum Gasteiger partial charge on any atom is 0.357 e. The molecule has 0 aliphatic rings. The highest BCUT2D eigenvalue weighted by Gasteiger charge is 2.11. The summed E-state index contributed by atoms with van der Waals surface area (Å²) in [6, 6.07) is 0. The fourth-order valence-corrected chi connectivity index (χ4v) is 1.65. The van der Waals surface area contributed by atoms with Gasteiger partial charge in [-0.3, -0.25) is 0 Å². The van der Waals surface area contributed by atoms with Gasteiger partial charge in [0.2, 0.25) is 0 Å². The van der Waals surface area contributed by atoms with Gasteiger partial charge in [0.25, 0.3) is 0 Å². The molecule has 0 amide bonds. The second-order valence-corrected chi connectivity index (χ2v) is 4.01. The van der Waals surface area contributed by atoms with Crippen LogP contribution in [0.1, 0.15) is 15.5 Å². The minimum atomic E-state index is -0.448. The van der Waals surface area contributed by atoms with Crippen molar-refractivity contribution in [3.63, 3.8) is 0 Å². The normalized spacial score (nSPS) is 10.5. The molecule has 1 aromatic heterocycles. The molecule has 0 aliphatic carbocycles. The number of methoxy groups -OCH3 is 1. The summed E-state index contributed by atoms with van der Waals surface area (Å²) < 4.78 is 14.9. The second kappa shape index (κ2) is 8.13. The van der Waals surface area contributed by atoms with E-state index in [1.54, 1.807) is 12.5 Å². The van der Waals surface area contributed by atoms with E-state index in [0.717, 1.165) is 0 Å². The average molecular weight is 260 g/mol. The van der Waals surface area contributed by atoms with E-state index in [0.29, 0.717) is 37.1 Å². The van der Waals surface area contributed by atoms with Crippen LogP contribution in [0.2, 0.25) is 0 Å². The largest absolute Gasteiger partial charge is 0.458 e. The van der Waals surface area contributed by atoms with E-state index in [2.05, 4.69) is 4.98 Å². The van der Waals surface area contributed by atoms with Crippen molar-refractivity contribution >= 4 is 17.3 Å². The first-order valence-corrected chi connectivity index (χ1v) is 6.04. The van der Waals surface area contributed by atoms with E-state index < -0.39 is 5.97 Å². The van der Waals surface area contributed by atoms with Crippen molar-refractivity contribution in [3.05, 3.63) is 16.1 Å². The van der Waals surface area contributed by atoms with Gasteiger partial charge in [-0.25, -0.2) is 9.78 Å². The van der Waals surface area contributed by atoms with Gasteiger partial charge in [0, 0.05) is 19.0 Å². The number of rotatable bonds is 8. The van der Waals surface area contributed by atoms with Crippen molar-refractivity contribution in [2.24, 2.45) is 5.73 Å². The Bertz CT molecular complexity index is 343. The van der Waals surface area contributed by atoms with Crippen LogP contribution in [0.5, 0.6) is 0 Å². The van der Waals surface area contributed by atoms with Gasteiger partial charge >= 0.3 is 5.97 Å². The third-order valence-electron chi connectivity index (χ3n) is 1.83. The fourth-order valence-electron chi connectivity index (χ4n) is 1.01. The van der Waals surface area contributed by atoms with Crippen molar-refractivity contribution in [2.75, 3.05) is 33.5 Å². The predicted octanol–water partition coefficient (Wildman–Crippen LogP) is 0.422. The minimum Gasteiger partial charge on any atom is -0.458 e. The molecule has 1 rings (SSSR count). The van der Waals surface area contributed by atoms with Crippen molar-refractivity contribution in [2.45, 2.75) is 6.54 Å². The number of esters is 1. The molecule has 6 nitrogen and oxygen atoms in total. The van der Waals surface area contributed by atoms with Crippen molar-refractivity contribution < 1.29 is 19.0 Å². The van der Waals surface area contributed by atoms with E-state index in [1.807, 2.05) is 0 Å². The number of hydrogen-bond acceptors (Lipinski definition) is 7. The van der Waals surface area contributed by atoms with Gasteiger partial charge in [-0.2, -0.15) is 0 Å². The van der Waals surface area contributed by atoms with E-state index in [-0.39, 0.29) is 6.61 Å². The van der Waals surface area contributed by atoms with Gasteiger partial charge in [-0.05, 0) is 0 Å². The number of hydrogen-bond donors (Lipinski definition) is 1. The predicted molar refractivity (Wildman–Crippen MR) is 63.0 cm³/mol. The topological polar surface area (TPSA) is 83.7 Å². The molecule has 0 spiro atoms. The Kier molecular flexibility index (Phi) is 6.71. The number of nitrogens with zero attached hydrogens (tertiary/aromatic N) is 1. The van der Waals surface area contributed by atoms with Gasteiger partial charge in [0.05, 0.1) is 19.8 Å². The lowest BCUT2D eigenvalue weighted by molar-refractivity contribution is 0.0210. The van der Waals surface area contributed by atoms with Gasteiger partial charge < -0.3 is 19.9 Å². The van der Waals surface area contributed by atoms with E-state index >= 15 is 0 Å². The van der Waals surface area contributed by atoms with Crippen LogP contribution in [0, 0.1) is 0 Å². The van der Waals surface area contributed by atoms with Gasteiger partial charge in [-0.15, -0.1) is 11.3 Å². The maximum absolute atomic E-state index is 11.5. The molecule has 7 heteroatoms. The Balaban J connectivity index is 2.16. The molecule has 0 saturated heterocycles. The van der Waals surface area contributed by atoms with Crippen LogP contribution in [0.4, 0.5) is 0 Å². The molecule has 0 unspecified atom stereocenters. The summed E-state index contributed by atoms with van der Waals surface area (Å²) in [6.07, 6.45) is 0. The Morgan fingerprint density at radius 1 is 1.41 bits per heavy atom. The zero-order valence-electron chi connectivity index (χ0n) is 9.68. The molecular weight excluding hydrogens is 244 g/mol. The Hall–Kier alpha value is -1.02. The van der Waals surface area contributed by atoms with E-state index in [4.69, 9.17) is 19.9 Å². The highest BCUT2D eigenvalue weighted by molar-refractivity contribution is 7.09. The highest BCUT2D eigenvalue weighted by atomic mass is 32.1. The molecule has 0 aliphatic heterocycles. The van der Waals surface area contributed by atoms with Gasteiger partial charge in [0.1, 0.15) is 11.6 Å². The SMILES string of the molecule is COCCOCCOC(=O)c1csc(CN)n1. The summed E-state index contributed by atoms with van der Waals surface area (Å²) in [6.45, 7) is 1.90. The molecule has 2 N–H and O–H groups in total. The number of carbonyl (C=O) groups is 1. The molecular formula is C10H16N2O4S. The zero-order chi connectivity index (χ0) is 12.5. The third-order valence-corrected chi connectivity index (χ3v) is 2.70. The van der Waals surface area contributed by atoms with Crippen molar-refractivity contribution in [3.8, 4) is 0 Å². The lowest BCUT2D eigenvalue weighted by Crippen LogP contribution is -2.13. The second-order valence-electron chi connectivity index (χ2n) is 3.07. The van der Waals surface area contributed by atoms with Gasteiger partial charge in [0.15, 0.2) is 5.69 Å². The van der Waals surface area contributed by atoms with Gasteiger partial charge in [-0.1, -0.05) is 0 Å². The van der Waals surface area contributed by atoms with E-state index in [9.17, 15) is 4.79 Å². The summed E-state index contributed by atoms with van der Waals surface area (Å²) >= 11 is 1.34. The van der Waals surface area contributed by atoms with Crippen LogP contribution < -0.4 is 5.73 Å². The summed E-state index contributed by atoms with van der Waals surface area (Å²) in [7, 11) is 1.60. The Morgan fingerprint density at radius 3 is 2.82 bits per heavy atom. The first-order valence-electron chi connectivity index (χ1n) is 5.16. The lowest BCUT2D eigenvalue weighted by Gasteiger charge is -2.04. The standard InChI is InChI=1S/C10H16N2O4S/c1-14-2-3-15-4-5-16-10(13)8-7-17-9(6-11)12-8/h7H,2-6,11H2,1H3. The van der Waals surface area contributed by atoms with Crippen LogP contribution in [-0.4, -0.2) is 44.5 Å². The number of carbonyl (C=O) groups excluding carboxylic acids is 1. The zero-order valence-corrected chi connectivity index (χ0v) is 10.5. The number of ether oxygens (including phenoxy) is 3. The third kappa shape index (κ3) is 5.22. The first kappa shape index (κ1) is 14.0. The van der Waals surface area contributed by atoms with Crippen LogP contribution in [0.3, 0.4) is 0 Å². The molecule has 0 bridgehead atoms. The molecule has 0 radical (unpaired) electrons. The Morgan fingerprint density at radius 2 is 2.18 bits per heavy atom. The average Bonchev–Trinajstić information content (AvgIpc) is 2.82. The maximum atomic E-state index is 11.5. The number of thiazole rings is 1. The van der Waals surface area contributed by atoms with Crippen LogP contribution in [-0.2, 0) is 20.8 Å². The molecule has 0 saturated carbocycles. The lowest BCUT2D eigenvalue weighted by atomic mass is 10.5. The summed E-state index contributed by atoms with van der Waals surface area (Å²) in [4.78, 5) is 15.5. The van der Waals surface area contributed by atoms with E-state index in [1.165, 1.54) is 11.3 Å². The summed E-state index contributed by atoms with van der Waals surface area (Å²) in [5.41, 5.74) is 5.69. The first-order chi connectivity index (χ1) is 8.27. The molecule has 17 heavy (non-hydrogen) atoms. The van der Waals surface area contributed by atoms with Crippen LogP contribution in [0.25, 0.3) is 0 Å². The van der Waals surface area contributed by atoms with Crippen LogP contribution >= 0.6 is 11.3 Å². The quantitative estimate of drug-likeness (QED) is 0.539. The number of nitrogens with two attached hydrogens (primary N) is 1. The molecule has 1 heterocycles. The summed E-state index contributed by atoms with van der Waals surface area (Å²) in [5.74, 6) is -0.448. The monoisotopic (exact) mass is 260 g/mol.